The maximum atomic E-state index is 12.4. The normalized spacial score (nSPS) is 16.6. The average Bonchev–Trinajstić information content (AvgIpc) is 2.69. The number of nitriles is 1. The molecule has 134 valence electrons. The third-order valence-corrected chi connectivity index (χ3v) is 4.49. The second-order valence-corrected chi connectivity index (χ2v) is 6.28. The summed E-state index contributed by atoms with van der Waals surface area (Å²) >= 11 is 0. The van der Waals surface area contributed by atoms with Crippen molar-refractivity contribution in [2.24, 2.45) is 0 Å². The van der Waals surface area contributed by atoms with Gasteiger partial charge in [-0.05, 0) is 43.0 Å². The molecule has 1 aromatic heterocycles. The van der Waals surface area contributed by atoms with Gasteiger partial charge in [-0.2, -0.15) is 5.26 Å². The number of aromatic nitrogens is 2. The molecule has 2 N–H and O–H groups in total. The van der Waals surface area contributed by atoms with Crippen molar-refractivity contribution in [3.8, 4) is 6.07 Å². The molecule has 0 saturated carbocycles. The van der Waals surface area contributed by atoms with Crippen LogP contribution in [-0.4, -0.2) is 35.1 Å². The van der Waals surface area contributed by atoms with E-state index in [1.807, 2.05) is 13.0 Å². The zero-order chi connectivity index (χ0) is 18.4. The van der Waals surface area contributed by atoms with E-state index in [-0.39, 0.29) is 12.1 Å². The number of hydrogen-bond acceptors (Lipinski definition) is 5. The van der Waals surface area contributed by atoms with E-state index in [9.17, 15) is 4.79 Å². The minimum atomic E-state index is -0.226. The zero-order valence-electron chi connectivity index (χ0n) is 14.8. The Hall–Kier alpha value is -3.14. The van der Waals surface area contributed by atoms with E-state index in [1.165, 1.54) is 0 Å². The SMILES string of the molecule is CCc1cc(C#N)ccc1NC(=O)NC1CCCN(c2cnccn2)C1. The van der Waals surface area contributed by atoms with Crippen LogP contribution in [-0.2, 0) is 6.42 Å². The first-order valence-electron chi connectivity index (χ1n) is 8.81. The van der Waals surface area contributed by atoms with Crippen LogP contribution in [0.4, 0.5) is 16.3 Å². The number of benzene rings is 1. The molecule has 1 saturated heterocycles. The Balaban J connectivity index is 1.60. The van der Waals surface area contributed by atoms with Gasteiger partial charge in [-0.15, -0.1) is 0 Å². The minimum Gasteiger partial charge on any atom is -0.353 e. The van der Waals surface area contributed by atoms with Gasteiger partial charge in [0.2, 0.25) is 0 Å². The lowest BCUT2D eigenvalue weighted by molar-refractivity contribution is 0.246. The molecule has 1 atom stereocenters. The molecule has 0 aliphatic carbocycles. The summed E-state index contributed by atoms with van der Waals surface area (Å²) in [5.74, 6) is 0.833. The van der Waals surface area contributed by atoms with Gasteiger partial charge in [0, 0.05) is 37.2 Å². The van der Waals surface area contributed by atoms with Crippen LogP contribution in [0.15, 0.2) is 36.8 Å². The highest BCUT2D eigenvalue weighted by Crippen LogP contribution is 2.19. The standard InChI is InChI=1S/C19H22N6O/c1-2-15-10-14(11-20)5-6-17(15)24-19(26)23-16-4-3-9-25(13-16)18-12-21-7-8-22-18/h5-8,10,12,16H,2-4,9,13H2,1H3,(H2,23,24,26). The van der Waals surface area contributed by atoms with Crippen LogP contribution in [0.25, 0.3) is 0 Å². The highest BCUT2D eigenvalue weighted by molar-refractivity contribution is 5.90. The summed E-state index contributed by atoms with van der Waals surface area (Å²) in [5.41, 5.74) is 2.29. The van der Waals surface area contributed by atoms with Crippen LogP contribution in [0.5, 0.6) is 0 Å². The number of carbonyl (C=O) groups excluding carboxylic acids is 1. The lowest BCUT2D eigenvalue weighted by atomic mass is 10.1. The van der Waals surface area contributed by atoms with Crippen molar-refractivity contribution in [2.75, 3.05) is 23.3 Å². The van der Waals surface area contributed by atoms with E-state index in [1.54, 1.807) is 30.7 Å². The first-order valence-corrected chi connectivity index (χ1v) is 8.81. The zero-order valence-corrected chi connectivity index (χ0v) is 14.8. The Labute approximate surface area is 153 Å². The number of piperidine rings is 1. The highest BCUT2D eigenvalue weighted by atomic mass is 16.2. The topological polar surface area (TPSA) is 93.9 Å². The van der Waals surface area contributed by atoms with Crippen LogP contribution in [0.3, 0.4) is 0 Å². The molecule has 2 amide bonds. The van der Waals surface area contributed by atoms with Crippen LogP contribution >= 0.6 is 0 Å². The summed E-state index contributed by atoms with van der Waals surface area (Å²) in [4.78, 5) is 23.0. The molecule has 1 aromatic carbocycles. The molecule has 26 heavy (non-hydrogen) atoms. The third-order valence-electron chi connectivity index (χ3n) is 4.49. The fourth-order valence-corrected chi connectivity index (χ4v) is 3.18. The van der Waals surface area contributed by atoms with Gasteiger partial charge in [0.25, 0.3) is 0 Å². The second-order valence-electron chi connectivity index (χ2n) is 6.28. The van der Waals surface area contributed by atoms with Gasteiger partial charge in [0.15, 0.2) is 0 Å². The fraction of sp³-hybridized carbons (Fsp3) is 0.368. The van der Waals surface area contributed by atoms with Crippen LogP contribution < -0.4 is 15.5 Å². The summed E-state index contributed by atoms with van der Waals surface area (Å²) in [7, 11) is 0. The van der Waals surface area contributed by atoms with Crippen molar-refractivity contribution in [1.82, 2.24) is 15.3 Å². The van der Waals surface area contributed by atoms with Gasteiger partial charge in [-0.3, -0.25) is 4.98 Å². The molecular weight excluding hydrogens is 328 g/mol. The lowest BCUT2D eigenvalue weighted by Crippen LogP contribution is -2.49. The molecule has 0 bridgehead atoms. The predicted octanol–water partition coefficient (Wildman–Crippen LogP) is 2.70. The Bertz CT molecular complexity index is 801. The number of anilines is 2. The summed E-state index contributed by atoms with van der Waals surface area (Å²) in [6, 6.07) is 7.25. The van der Waals surface area contributed by atoms with Crippen LogP contribution in [0, 0.1) is 11.3 Å². The molecular formula is C19H22N6O. The molecule has 1 fully saturated rings. The quantitative estimate of drug-likeness (QED) is 0.884. The Morgan fingerprint density at radius 3 is 3.04 bits per heavy atom. The van der Waals surface area contributed by atoms with Gasteiger partial charge in [-0.1, -0.05) is 6.92 Å². The first-order chi connectivity index (χ1) is 12.7. The molecule has 7 nitrogen and oxygen atoms in total. The van der Waals surface area contributed by atoms with Crippen LogP contribution in [0.2, 0.25) is 0 Å². The van der Waals surface area contributed by atoms with Crippen LogP contribution in [0.1, 0.15) is 30.9 Å². The van der Waals surface area contributed by atoms with E-state index in [0.717, 1.165) is 42.9 Å². The van der Waals surface area contributed by atoms with Crippen molar-refractivity contribution in [1.29, 1.82) is 5.26 Å². The molecule has 2 heterocycles. The highest BCUT2D eigenvalue weighted by Gasteiger charge is 2.22. The Kier molecular flexibility index (Phi) is 5.64. The molecule has 3 rings (SSSR count). The van der Waals surface area contributed by atoms with Gasteiger partial charge in [0.05, 0.1) is 17.8 Å². The largest absolute Gasteiger partial charge is 0.353 e. The van der Waals surface area contributed by atoms with Gasteiger partial charge in [0.1, 0.15) is 5.82 Å². The first kappa shape index (κ1) is 17.7. The lowest BCUT2D eigenvalue weighted by Gasteiger charge is -2.33. The number of rotatable bonds is 4. The molecule has 0 spiro atoms. The molecule has 7 heteroatoms. The molecule has 0 radical (unpaired) electrons. The van der Waals surface area contributed by atoms with Crippen molar-refractivity contribution < 1.29 is 4.79 Å². The molecule has 1 unspecified atom stereocenters. The predicted molar refractivity (Wildman–Crippen MR) is 100.0 cm³/mol. The number of nitrogens with zero attached hydrogens (tertiary/aromatic N) is 4. The number of hydrogen-bond donors (Lipinski definition) is 2. The monoisotopic (exact) mass is 350 g/mol. The smallest absolute Gasteiger partial charge is 0.319 e. The van der Waals surface area contributed by atoms with Crippen molar-refractivity contribution in [3.63, 3.8) is 0 Å². The number of amides is 2. The molecule has 1 aliphatic rings. The Morgan fingerprint density at radius 1 is 1.42 bits per heavy atom. The maximum Gasteiger partial charge on any atom is 0.319 e. The summed E-state index contributed by atoms with van der Waals surface area (Å²) < 4.78 is 0. The minimum absolute atomic E-state index is 0.0502. The van der Waals surface area contributed by atoms with E-state index < -0.39 is 0 Å². The summed E-state index contributed by atoms with van der Waals surface area (Å²) in [5, 5.41) is 15.0. The van der Waals surface area contributed by atoms with Crippen molar-refractivity contribution in [3.05, 3.63) is 47.9 Å². The Morgan fingerprint density at radius 2 is 2.31 bits per heavy atom. The summed E-state index contributed by atoms with van der Waals surface area (Å²) in [6.45, 7) is 3.62. The number of nitrogens with one attached hydrogen (secondary N) is 2. The van der Waals surface area contributed by atoms with Gasteiger partial charge < -0.3 is 15.5 Å². The average molecular weight is 350 g/mol. The number of aryl methyl sites for hydroxylation is 1. The third kappa shape index (κ3) is 4.28. The molecule has 2 aromatic rings. The maximum absolute atomic E-state index is 12.4. The van der Waals surface area contributed by atoms with E-state index in [4.69, 9.17) is 5.26 Å². The summed E-state index contributed by atoms with van der Waals surface area (Å²) in [6.07, 6.45) is 7.73. The number of carbonyl (C=O) groups is 1. The van der Waals surface area contributed by atoms with Crippen molar-refractivity contribution in [2.45, 2.75) is 32.2 Å². The van der Waals surface area contributed by atoms with Crippen molar-refractivity contribution >= 4 is 17.5 Å². The van der Waals surface area contributed by atoms with E-state index in [2.05, 4.69) is 31.6 Å². The van der Waals surface area contributed by atoms with E-state index >= 15 is 0 Å². The molecule has 1 aliphatic heterocycles. The fourth-order valence-electron chi connectivity index (χ4n) is 3.18. The van der Waals surface area contributed by atoms with Gasteiger partial charge >= 0.3 is 6.03 Å². The number of urea groups is 1. The van der Waals surface area contributed by atoms with Gasteiger partial charge in [-0.25, -0.2) is 9.78 Å². The second kappa shape index (κ2) is 8.30. The van der Waals surface area contributed by atoms with E-state index in [0.29, 0.717) is 12.1 Å².